The van der Waals surface area contributed by atoms with Crippen LogP contribution in [0.3, 0.4) is 0 Å². The lowest BCUT2D eigenvalue weighted by atomic mass is 9.85. The zero-order valence-corrected chi connectivity index (χ0v) is 25.2. The molecule has 6 rings (SSSR count). The van der Waals surface area contributed by atoms with Gasteiger partial charge in [-0.1, -0.05) is 29.3 Å². The van der Waals surface area contributed by atoms with Gasteiger partial charge in [0.05, 0.1) is 26.8 Å². The summed E-state index contributed by atoms with van der Waals surface area (Å²) in [6.45, 7) is 5.86. The van der Waals surface area contributed by atoms with Crippen LogP contribution < -0.4 is 5.32 Å². The largest absolute Gasteiger partial charge is 0.505 e. The van der Waals surface area contributed by atoms with Crippen LogP contribution in [0.2, 0.25) is 10.0 Å². The van der Waals surface area contributed by atoms with Crippen LogP contribution in [0, 0.1) is 11.8 Å². The molecule has 0 atom stereocenters. The van der Waals surface area contributed by atoms with Gasteiger partial charge in [-0.25, -0.2) is 0 Å². The molecular weight excluding hydrogens is 567 g/mol. The first-order chi connectivity index (χ1) is 18.9. The lowest BCUT2D eigenvalue weighted by molar-refractivity contribution is 0.0968. The minimum atomic E-state index is -0.118. The second kappa shape index (κ2) is 12.4. The van der Waals surface area contributed by atoms with Crippen LogP contribution in [0.5, 0.6) is 5.75 Å². The second-order valence-electron chi connectivity index (χ2n) is 11.7. The number of pyridine rings is 1. The summed E-state index contributed by atoms with van der Waals surface area (Å²) in [7, 11) is 2.21. The minimum Gasteiger partial charge on any atom is -0.505 e. The molecule has 0 bridgehead atoms. The van der Waals surface area contributed by atoms with Gasteiger partial charge in [0.15, 0.2) is 11.5 Å². The number of halogens is 3. The lowest BCUT2D eigenvalue weighted by Gasteiger charge is -2.37. The number of carbonyl (C=O) groups is 1. The number of anilines is 1. The van der Waals surface area contributed by atoms with Crippen LogP contribution in [-0.4, -0.2) is 71.5 Å². The number of hydrogen-bond acceptors (Lipinski definition) is 6. The molecule has 40 heavy (non-hydrogen) atoms. The Bertz CT molecular complexity index is 1360. The maximum absolute atomic E-state index is 13.3. The molecule has 9 heteroatoms. The number of fused-ring (bicyclic) bond motifs is 1. The van der Waals surface area contributed by atoms with Gasteiger partial charge in [-0.2, -0.15) is 0 Å². The van der Waals surface area contributed by atoms with E-state index < -0.39 is 0 Å². The van der Waals surface area contributed by atoms with E-state index in [0.29, 0.717) is 11.6 Å². The number of nitrogens with one attached hydrogen (secondary N) is 1. The first kappa shape index (κ1) is 29.4. The summed E-state index contributed by atoms with van der Waals surface area (Å²) in [6.07, 6.45) is 8.28. The highest BCUT2D eigenvalue weighted by molar-refractivity contribution is 6.37. The number of phenols is 1. The van der Waals surface area contributed by atoms with E-state index in [1.165, 1.54) is 32.5 Å². The Hall–Kier alpha value is -2.09. The van der Waals surface area contributed by atoms with Crippen LogP contribution in [0.4, 0.5) is 5.69 Å². The number of aromatic nitrogens is 1. The van der Waals surface area contributed by atoms with E-state index in [2.05, 4.69) is 33.2 Å². The highest BCUT2D eigenvalue weighted by Crippen LogP contribution is 2.41. The van der Waals surface area contributed by atoms with Gasteiger partial charge in [-0.3, -0.25) is 9.78 Å². The van der Waals surface area contributed by atoms with Crippen molar-refractivity contribution < 1.29 is 9.90 Å². The van der Waals surface area contributed by atoms with Gasteiger partial charge in [0.25, 0.3) is 0 Å². The molecule has 2 saturated carbocycles. The molecule has 0 unspecified atom stereocenters. The van der Waals surface area contributed by atoms with Crippen LogP contribution in [0.25, 0.3) is 22.0 Å². The standard InChI is InChI=1S/C31H36Cl2N4O2.ClH/c1-36-10-12-37(13-11-36)18-19-2-7-23(8-3-19)35-29-24-14-21(22-15-26(32)31(39)27(33)16-22)6-9-28(24)34-17-25(29)30(38)20-4-5-20;/h6,9,14-17,19-20,23,39H,2-5,7-8,10-13,18H2,1H3,(H,34,35);1H/t19-,23-;. The lowest BCUT2D eigenvalue weighted by Crippen LogP contribution is -2.46. The van der Waals surface area contributed by atoms with Crippen molar-refractivity contribution in [2.24, 2.45) is 11.8 Å². The number of hydrogen-bond donors (Lipinski definition) is 2. The van der Waals surface area contributed by atoms with E-state index in [0.717, 1.165) is 72.4 Å². The van der Waals surface area contributed by atoms with Crippen LogP contribution in [0.1, 0.15) is 48.9 Å². The predicted molar refractivity (Wildman–Crippen MR) is 166 cm³/mol. The highest BCUT2D eigenvalue weighted by Gasteiger charge is 2.33. The number of phenolic OH excluding ortho intramolecular Hbond substituents is 1. The Balaban J connectivity index is 0.00000323. The zero-order valence-electron chi connectivity index (χ0n) is 22.8. The summed E-state index contributed by atoms with van der Waals surface area (Å²) in [5, 5.41) is 15.2. The summed E-state index contributed by atoms with van der Waals surface area (Å²) in [6, 6.07) is 9.77. The molecule has 1 aliphatic heterocycles. The van der Waals surface area contributed by atoms with Crippen molar-refractivity contribution in [3.05, 3.63) is 52.1 Å². The number of Topliss-reactive ketones (excluding diaryl/α,β-unsaturated/α-hetero) is 1. The Kier molecular flexibility index (Phi) is 9.13. The Morgan fingerprint density at radius 3 is 2.30 bits per heavy atom. The van der Waals surface area contributed by atoms with Gasteiger partial charge in [-0.15, -0.1) is 12.4 Å². The van der Waals surface area contributed by atoms with Crippen molar-refractivity contribution in [3.63, 3.8) is 0 Å². The smallest absolute Gasteiger partial charge is 0.169 e. The molecule has 0 spiro atoms. The third kappa shape index (κ3) is 6.37. The maximum Gasteiger partial charge on any atom is 0.169 e. The van der Waals surface area contributed by atoms with Gasteiger partial charge in [-0.05, 0) is 86.9 Å². The topological polar surface area (TPSA) is 68.7 Å². The maximum atomic E-state index is 13.3. The van der Waals surface area contributed by atoms with Gasteiger partial charge >= 0.3 is 0 Å². The number of likely N-dealkylation sites (N-methyl/N-ethyl adjacent to an activating group) is 1. The molecule has 2 aromatic carbocycles. The highest BCUT2D eigenvalue weighted by atomic mass is 35.5. The van der Waals surface area contributed by atoms with Gasteiger partial charge in [0.2, 0.25) is 0 Å². The molecule has 0 amide bonds. The second-order valence-corrected chi connectivity index (χ2v) is 12.5. The van der Waals surface area contributed by atoms with Crippen molar-refractivity contribution >= 4 is 58.0 Å². The molecule has 2 heterocycles. The molecule has 2 aliphatic carbocycles. The van der Waals surface area contributed by atoms with E-state index in [4.69, 9.17) is 23.2 Å². The average molecular weight is 604 g/mol. The zero-order chi connectivity index (χ0) is 27.1. The van der Waals surface area contributed by atoms with E-state index in [1.54, 1.807) is 18.3 Å². The van der Waals surface area contributed by atoms with Crippen LogP contribution in [-0.2, 0) is 0 Å². The van der Waals surface area contributed by atoms with E-state index >= 15 is 0 Å². The van der Waals surface area contributed by atoms with Crippen molar-refractivity contribution in [3.8, 4) is 16.9 Å². The Morgan fingerprint density at radius 2 is 1.65 bits per heavy atom. The predicted octanol–water partition coefficient (Wildman–Crippen LogP) is 7.15. The molecule has 3 aromatic rings. The normalized spacial score (nSPS) is 22.2. The third-order valence-corrected chi connectivity index (χ3v) is 9.32. The van der Waals surface area contributed by atoms with Gasteiger partial charge in [0, 0.05) is 56.3 Å². The fourth-order valence-electron chi connectivity index (χ4n) is 6.10. The number of aromatic hydroxyl groups is 1. The summed E-state index contributed by atoms with van der Waals surface area (Å²) >= 11 is 12.5. The van der Waals surface area contributed by atoms with Crippen LogP contribution in [0.15, 0.2) is 36.5 Å². The monoisotopic (exact) mass is 602 g/mol. The molecule has 1 aromatic heterocycles. The van der Waals surface area contributed by atoms with E-state index in [1.807, 2.05) is 12.1 Å². The van der Waals surface area contributed by atoms with Gasteiger partial charge < -0.3 is 20.2 Å². The number of rotatable bonds is 7. The summed E-state index contributed by atoms with van der Waals surface area (Å²) in [5.74, 6) is 0.926. The first-order valence-corrected chi connectivity index (χ1v) is 14.9. The first-order valence-electron chi connectivity index (χ1n) is 14.2. The minimum absolute atomic E-state index is 0. The number of carbonyl (C=O) groups excluding carboxylic acids is 1. The number of ketones is 1. The van der Waals surface area contributed by atoms with E-state index in [-0.39, 0.29) is 39.9 Å². The van der Waals surface area contributed by atoms with Crippen molar-refractivity contribution in [2.75, 3.05) is 45.1 Å². The van der Waals surface area contributed by atoms with Gasteiger partial charge in [0.1, 0.15) is 0 Å². The summed E-state index contributed by atoms with van der Waals surface area (Å²) in [4.78, 5) is 23.0. The molecule has 1 saturated heterocycles. The number of piperazine rings is 1. The van der Waals surface area contributed by atoms with Crippen molar-refractivity contribution in [1.29, 1.82) is 0 Å². The quantitative estimate of drug-likeness (QED) is 0.280. The fourth-order valence-corrected chi connectivity index (χ4v) is 6.59. The average Bonchev–Trinajstić information content (AvgIpc) is 3.79. The molecular formula is C31H37Cl3N4O2. The Labute approximate surface area is 252 Å². The molecule has 6 nitrogen and oxygen atoms in total. The van der Waals surface area contributed by atoms with Crippen LogP contribution >= 0.6 is 35.6 Å². The molecule has 2 N–H and O–H groups in total. The Morgan fingerprint density at radius 1 is 0.975 bits per heavy atom. The number of nitrogens with zero attached hydrogens (tertiary/aromatic N) is 3. The SMILES string of the molecule is CN1CCN(C[C@H]2CC[C@H](Nc3c(C(=O)C4CC4)cnc4ccc(-c5cc(Cl)c(O)c(Cl)c5)cc34)CC2)CC1.Cl. The molecule has 3 fully saturated rings. The fraction of sp³-hybridized carbons (Fsp3) is 0.484. The molecule has 214 valence electrons. The van der Waals surface area contributed by atoms with Crippen molar-refractivity contribution in [1.82, 2.24) is 14.8 Å². The third-order valence-electron chi connectivity index (χ3n) is 8.74. The summed E-state index contributed by atoms with van der Waals surface area (Å²) < 4.78 is 0. The molecule has 3 aliphatic rings. The number of benzene rings is 2. The van der Waals surface area contributed by atoms with E-state index in [9.17, 15) is 9.90 Å². The van der Waals surface area contributed by atoms with Crippen molar-refractivity contribution in [2.45, 2.75) is 44.6 Å². The summed E-state index contributed by atoms with van der Waals surface area (Å²) in [5.41, 5.74) is 4.15. The molecule has 0 radical (unpaired) electrons.